The van der Waals surface area contributed by atoms with Gasteiger partial charge in [-0.05, 0) is 30.9 Å². The van der Waals surface area contributed by atoms with E-state index in [1.807, 2.05) is 6.07 Å². The molecule has 2 rings (SSSR count). The molecule has 0 aliphatic heterocycles. The molecule has 0 amide bonds. The van der Waals surface area contributed by atoms with E-state index in [1.54, 1.807) is 0 Å². The standard InChI is InChI=1S/C11H10N2O3/c12-6-9-3-4-11(10(5-9)13(14)15)16-7-8-1-2-8/h3-5,8H,1-2,7H2. The van der Waals surface area contributed by atoms with Gasteiger partial charge in [0.15, 0.2) is 5.75 Å². The maximum absolute atomic E-state index is 10.8. The molecule has 1 aromatic rings. The van der Waals surface area contributed by atoms with Crippen molar-refractivity contribution in [2.24, 2.45) is 5.92 Å². The Balaban J connectivity index is 2.21. The van der Waals surface area contributed by atoms with Crippen LogP contribution in [0.1, 0.15) is 18.4 Å². The molecule has 0 bridgehead atoms. The number of nitro benzene ring substituents is 1. The zero-order valence-corrected chi connectivity index (χ0v) is 8.55. The van der Waals surface area contributed by atoms with Crippen molar-refractivity contribution in [3.05, 3.63) is 33.9 Å². The van der Waals surface area contributed by atoms with E-state index >= 15 is 0 Å². The SMILES string of the molecule is N#Cc1ccc(OCC2CC2)c([N+](=O)[O-])c1. The maximum Gasteiger partial charge on any atom is 0.312 e. The fourth-order valence-corrected chi connectivity index (χ4v) is 1.34. The average Bonchev–Trinajstić information content (AvgIpc) is 3.09. The van der Waals surface area contributed by atoms with Crippen LogP contribution < -0.4 is 4.74 Å². The van der Waals surface area contributed by atoms with Gasteiger partial charge in [-0.3, -0.25) is 10.1 Å². The lowest BCUT2D eigenvalue weighted by molar-refractivity contribution is -0.385. The predicted octanol–water partition coefficient (Wildman–Crippen LogP) is 2.26. The van der Waals surface area contributed by atoms with Crippen LogP contribution in [-0.2, 0) is 0 Å². The second kappa shape index (κ2) is 4.19. The number of rotatable bonds is 4. The van der Waals surface area contributed by atoms with Gasteiger partial charge in [-0.25, -0.2) is 0 Å². The molecule has 0 radical (unpaired) electrons. The van der Waals surface area contributed by atoms with Crippen LogP contribution in [0.2, 0.25) is 0 Å². The number of hydrogen-bond donors (Lipinski definition) is 0. The summed E-state index contributed by atoms with van der Waals surface area (Å²) in [6.45, 7) is 0.521. The monoisotopic (exact) mass is 218 g/mol. The van der Waals surface area contributed by atoms with Gasteiger partial charge in [0.25, 0.3) is 0 Å². The summed E-state index contributed by atoms with van der Waals surface area (Å²) in [6, 6.07) is 6.11. The molecule has 1 fully saturated rings. The third-order valence-corrected chi connectivity index (χ3v) is 2.46. The van der Waals surface area contributed by atoms with Crippen molar-refractivity contribution in [3.8, 4) is 11.8 Å². The lowest BCUT2D eigenvalue weighted by Crippen LogP contribution is -2.02. The molecule has 0 saturated heterocycles. The Kier molecular flexibility index (Phi) is 2.73. The van der Waals surface area contributed by atoms with Crippen molar-refractivity contribution in [2.75, 3.05) is 6.61 Å². The van der Waals surface area contributed by atoms with Gasteiger partial charge in [-0.2, -0.15) is 5.26 Å². The second-order valence-electron chi connectivity index (χ2n) is 3.81. The van der Waals surface area contributed by atoms with Gasteiger partial charge < -0.3 is 4.74 Å². The molecule has 5 heteroatoms. The van der Waals surface area contributed by atoms with Crippen molar-refractivity contribution in [1.29, 1.82) is 5.26 Å². The normalized spacial score (nSPS) is 14.2. The highest BCUT2D eigenvalue weighted by Gasteiger charge is 2.24. The first kappa shape index (κ1) is 10.4. The van der Waals surface area contributed by atoms with Gasteiger partial charge >= 0.3 is 5.69 Å². The van der Waals surface area contributed by atoms with E-state index in [0.717, 1.165) is 12.8 Å². The van der Waals surface area contributed by atoms with Crippen LogP contribution in [0.3, 0.4) is 0 Å². The molecular weight excluding hydrogens is 208 g/mol. The van der Waals surface area contributed by atoms with E-state index in [0.29, 0.717) is 12.5 Å². The van der Waals surface area contributed by atoms with Crippen LogP contribution in [0.5, 0.6) is 5.75 Å². The molecule has 0 atom stereocenters. The third kappa shape index (κ3) is 2.28. The second-order valence-corrected chi connectivity index (χ2v) is 3.81. The summed E-state index contributed by atoms with van der Waals surface area (Å²) in [5.41, 5.74) is 0.130. The molecule has 0 heterocycles. The van der Waals surface area contributed by atoms with Crippen molar-refractivity contribution < 1.29 is 9.66 Å². The molecule has 1 aromatic carbocycles. The Morgan fingerprint density at radius 3 is 2.88 bits per heavy atom. The Morgan fingerprint density at radius 2 is 2.31 bits per heavy atom. The summed E-state index contributed by atoms with van der Waals surface area (Å²) in [4.78, 5) is 10.2. The predicted molar refractivity (Wildman–Crippen MR) is 56.0 cm³/mol. The molecule has 1 aliphatic rings. The van der Waals surface area contributed by atoms with E-state index in [9.17, 15) is 10.1 Å². The molecule has 0 unspecified atom stereocenters. The van der Waals surface area contributed by atoms with E-state index < -0.39 is 4.92 Å². The lowest BCUT2D eigenvalue weighted by Gasteiger charge is -2.05. The van der Waals surface area contributed by atoms with Crippen LogP contribution in [0, 0.1) is 27.4 Å². The fourth-order valence-electron chi connectivity index (χ4n) is 1.34. The molecular formula is C11H10N2O3. The van der Waals surface area contributed by atoms with Crippen LogP contribution >= 0.6 is 0 Å². The number of ether oxygens (including phenoxy) is 1. The third-order valence-electron chi connectivity index (χ3n) is 2.46. The highest BCUT2D eigenvalue weighted by atomic mass is 16.6. The van der Waals surface area contributed by atoms with Gasteiger partial charge in [0.1, 0.15) is 0 Å². The minimum atomic E-state index is -0.525. The van der Waals surface area contributed by atoms with Crippen LogP contribution in [-0.4, -0.2) is 11.5 Å². The molecule has 0 aromatic heterocycles. The summed E-state index contributed by atoms with van der Waals surface area (Å²) < 4.78 is 5.37. The van der Waals surface area contributed by atoms with E-state index in [1.165, 1.54) is 18.2 Å². The molecule has 0 spiro atoms. The highest BCUT2D eigenvalue weighted by molar-refractivity contribution is 5.51. The summed E-state index contributed by atoms with van der Waals surface area (Å²) >= 11 is 0. The summed E-state index contributed by atoms with van der Waals surface area (Å²) in [5.74, 6) is 0.783. The van der Waals surface area contributed by atoms with Gasteiger partial charge in [0.05, 0.1) is 23.2 Å². The van der Waals surface area contributed by atoms with E-state index in [-0.39, 0.29) is 17.0 Å². The molecule has 16 heavy (non-hydrogen) atoms. The van der Waals surface area contributed by atoms with E-state index in [4.69, 9.17) is 10.00 Å². The maximum atomic E-state index is 10.8. The van der Waals surface area contributed by atoms with E-state index in [2.05, 4.69) is 0 Å². The summed E-state index contributed by atoms with van der Waals surface area (Å²) in [6.07, 6.45) is 2.26. The number of nitro groups is 1. The van der Waals surface area contributed by atoms with Gasteiger partial charge in [0, 0.05) is 6.07 Å². The van der Waals surface area contributed by atoms with Crippen molar-refractivity contribution in [2.45, 2.75) is 12.8 Å². The van der Waals surface area contributed by atoms with Crippen LogP contribution in [0.25, 0.3) is 0 Å². The van der Waals surface area contributed by atoms with Crippen LogP contribution in [0.4, 0.5) is 5.69 Å². The Bertz CT molecular complexity index is 461. The topological polar surface area (TPSA) is 76.2 Å². The first-order valence-corrected chi connectivity index (χ1v) is 5.02. The fraction of sp³-hybridized carbons (Fsp3) is 0.364. The Morgan fingerprint density at radius 1 is 1.56 bits per heavy atom. The number of nitrogens with zero attached hydrogens (tertiary/aromatic N) is 2. The molecule has 5 nitrogen and oxygen atoms in total. The molecule has 82 valence electrons. The Hall–Kier alpha value is -2.09. The average molecular weight is 218 g/mol. The van der Waals surface area contributed by atoms with Gasteiger partial charge in [0.2, 0.25) is 0 Å². The smallest absolute Gasteiger partial charge is 0.312 e. The first-order chi connectivity index (χ1) is 7.70. The molecule has 1 saturated carbocycles. The minimum Gasteiger partial charge on any atom is -0.487 e. The number of nitriles is 1. The zero-order chi connectivity index (χ0) is 11.5. The lowest BCUT2D eigenvalue weighted by atomic mass is 10.2. The quantitative estimate of drug-likeness (QED) is 0.573. The summed E-state index contributed by atoms with van der Waals surface area (Å²) in [5, 5.41) is 19.4. The molecule has 0 N–H and O–H groups in total. The van der Waals surface area contributed by atoms with Gasteiger partial charge in [-0.15, -0.1) is 0 Å². The van der Waals surface area contributed by atoms with Crippen molar-refractivity contribution in [1.82, 2.24) is 0 Å². The Labute approximate surface area is 92.4 Å². The molecule has 1 aliphatic carbocycles. The van der Waals surface area contributed by atoms with Crippen LogP contribution in [0.15, 0.2) is 18.2 Å². The van der Waals surface area contributed by atoms with Gasteiger partial charge in [-0.1, -0.05) is 0 Å². The van der Waals surface area contributed by atoms with Crippen molar-refractivity contribution >= 4 is 5.69 Å². The highest BCUT2D eigenvalue weighted by Crippen LogP contribution is 2.32. The zero-order valence-electron chi connectivity index (χ0n) is 8.55. The largest absolute Gasteiger partial charge is 0.487 e. The minimum absolute atomic E-state index is 0.139. The summed E-state index contributed by atoms with van der Waals surface area (Å²) in [7, 11) is 0. The first-order valence-electron chi connectivity index (χ1n) is 5.02. The number of hydrogen-bond acceptors (Lipinski definition) is 4. The number of benzene rings is 1. The van der Waals surface area contributed by atoms with Crippen molar-refractivity contribution in [3.63, 3.8) is 0 Å².